The van der Waals surface area contributed by atoms with Gasteiger partial charge < -0.3 is 15.2 Å². The number of nitrogens with zero attached hydrogens (tertiary/aromatic N) is 6. The first-order chi connectivity index (χ1) is 13.7. The van der Waals surface area contributed by atoms with Crippen molar-refractivity contribution < 1.29 is 0 Å². The van der Waals surface area contributed by atoms with Gasteiger partial charge in [0.05, 0.1) is 0 Å². The zero-order valence-corrected chi connectivity index (χ0v) is 20.3. The van der Waals surface area contributed by atoms with E-state index in [4.69, 9.17) is 4.99 Å². The third kappa shape index (κ3) is 5.89. The lowest BCUT2D eigenvalue weighted by Crippen LogP contribution is -2.63. The van der Waals surface area contributed by atoms with Gasteiger partial charge in [-0.2, -0.15) is 0 Å². The van der Waals surface area contributed by atoms with E-state index >= 15 is 0 Å². The summed E-state index contributed by atoms with van der Waals surface area (Å²) in [7, 11) is 1.98. The second-order valence-electron chi connectivity index (χ2n) is 7.51. The molecule has 3 saturated heterocycles. The van der Waals surface area contributed by atoms with Crippen LogP contribution in [0.2, 0.25) is 0 Å². The highest BCUT2D eigenvalue weighted by molar-refractivity contribution is 14.0. The predicted octanol–water partition coefficient (Wildman–Crippen LogP) is 1.08. The van der Waals surface area contributed by atoms with Gasteiger partial charge in [-0.3, -0.25) is 9.80 Å². The molecule has 0 radical (unpaired) electrons. The molecule has 0 spiro atoms. The second kappa shape index (κ2) is 10.7. The minimum absolute atomic E-state index is 0. The molecule has 2 bridgehead atoms. The van der Waals surface area contributed by atoms with Gasteiger partial charge in [0.15, 0.2) is 11.8 Å². The minimum atomic E-state index is 0. The van der Waals surface area contributed by atoms with Gasteiger partial charge in [-0.05, 0) is 24.8 Å². The Kier molecular flexibility index (Phi) is 8.27. The molecule has 2 aromatic rings. The molecule has 160 valence electrons. The highest BCUT2D eigenvalue weighted by atomic mass is 127. The van der Waals surface area contributed by atoms with Gasteiger partial charge >= 0.3 is 0 Å². The van der Waals surface area contributed by atoms with E-state index in [0.29, 0.717) is 12.6 Å². The van der Waals surface area contributed by atoms with Gasteiger partial charge in [-0.1, -0.05) is 6.07 Å². The highest BCUT2D eigenvalue weighted by Crippen LogP contribution is 2.14. The van der Waals surface area contributed by atoms with Crippen molar-refractivity contribution in [3.8, 4) is 0 Å². The number of piperazine rings is 3. The van der Waals surface area contributed by atoms with Gasteiger partial charge in [0.25, 0.3) is 0 Å². The number of aromatic nitrogens is 3. The van der Waals surface area contributed by atoms with Gasteiger partial charge in [-0.25, -0.2) is 4.99 Å². The Hall–Kier alpha value is -1.24. The van der Waals surface area contributed by atoms with Crippen LogP contribution in [0.25, 0.3) is 0 Å². The Morgan fingerprint density at radius 1 is 1.24 bits per heavy atom. The van der Waals surface area contributed by atoms with Gasteiger partial charge in [0.2, 0.25) is 0 Å². The van der Waals surface area contributed by atoms with E-state index in [1.165, 1.54) is 31.1 Å². The number of nitrogens with one attached hydrogen (secondary N) is 2. The van der Waals surface area contributed by atoms with Crippen LogP contribution in [0.5, 0.6) is 0 Å². The van der Waals surface area contributed by atoms with Crippen molar-refractivity contribution in [2.24, 2.45) is 12.0 Å². The summed E-state index contributed by atoms with van der Waals surface area (Å²) < 4.78 is 1.99. The van der Waals surface area contributed by atoms with Crippen molar-refractivity contribution in [3.63, 3.8) is 0 Å². The van der Waals surface area contributed by atoms with Crippen LogP contribution in [0.1, 0.15) is 16.5 Å². The molecule has 29 heavy (non-hydrogen) atoms. The number of halogens is 1. The smallest absolute Gasteiger partial charge is 0.191 e. The van der Waals surface area contributed by atoms with Crippen LogP contribution in [0, 0.1) is 6.92 Å². The van der Waals surface area contributed by atoms with Crippen molar-refractivity contribution in [1.29, 1.82) is 0 Å². The molecule has 2 N–H and O–H groups in total. The number of guanidine groups is 1. The van der Waals surface area contributed by atoms with Crippen molar-refractivity contribution in [2.45, 2.75) is 25.9 Å². The standard InChI is InChI=1S/C19H30N8S.HI/c1-15-23-24-18(25(15)2)13-22-19(20-6-5-17-4-3-11-28-17)21-12-16-14-26-7-9-27(16)10-8-26;/h3-4,11,16H,5-10,12-14H2,1-2H3,(H2,20,21,22);1H. The SMILES string of the molecule is Cc1nnc(CN=C(NCCc2cccs2)NCC2CN3CCN2CC3)n1C.I. The van der Waals surface area contributed by atoms with E-state index < -0.39 is 0 Å². The number of rotatable bonds is 7. The lowest BCUT2D eigenvalue weighted by atomic mass is 10.1. The third-order valence-electron chi connectivity index (χ3n) is 5.70. The highest BCUT2D eigenvalue weighted by Gasteiger charge is 2.31. The summed E-state index contributed by atoms with van der Waals surface area (Å²) in [5.74, 6) is 2.64. The molecule has 3 fully saturated rings. The monoisotopic (exact) mass is 530 g/mol. The fourth-order valence-electron chi connectivity index (χ4n) is 3.80. The number of aliphatic imine (C=N–C) groups is 1. The molecule has 1 unspecified atom stereocenters. The van der Waals surface area contributed by atoms with Crippen molar-refractivity contribution in [3.05, 3.63) is 34.0 Å². The van der Waals surface area contributed by atoms with Crippen LogP contribution >= 0.6 is 35.3 Å². The zero-order chi connectivity index (χ0) is 19.3. The van der Waals surface area contributed by atoms with Crippen molar-refractivity contribution in [2.75, 3.05) is 45.8 Å². The van der Waals surface area contributed by atoms with E-state index in [1.54, 1.807) is 11.3 Å². The van der Waals surface area contributed by atoms with E-state index in [0.717, 1.165) is 43.7 Å². The molecule has 8 nitrogen and oxygen atoms in total. The van der Waals surface area contributed by atoms with Gasteiger partial charge in [-0.15, -0.1) is 45.5 Å². The summed E-state index contributed by atoms with van der Waals surface area (Å²) in [6, 6.07) is 4.84. The fourth-order valence-corrected chi connectivity index (χ4v) is 4.51. The fraction of sp³-hybridized carbons (Fsp3) is 0.632. The van der Waals surface area contributed by atoms with Crippen molar-refractivity contribution >= 4 is 41.3 Å². The van der Waals surface area contributed by atoms with Crippen LogP contribution in [0.15, 0.2) is 22.5 Å². The average Bonchev–Trinajstić information content (AvgIpc) is 3.35. The topological polar surface area (TPSA) is 73.6 Å². The molecule has 1 atom stereocenters. The largest absolute Gasteiger partial charge is 0.356 e. The Labute approximate surface area is 193 Å². The summed E-state index contributed by atoms with van der Waals surface area (Å²) >= 11 is 1.80. The van der Waals surface area contributed by atoms with E-state index in [-0.39, 0.29) is 24.0 Å². The number of hydrogen-bond acceptors (Lipinski definition) is 6. The molecule has 3 aliphatic rings. The van der Waals surface area contributed by atoms with Crippen LogP contribution < -0.4 is 10.6 Å². The molecule has 0 saturated carbocycles. The molecule has 0 amide bonds. The Morgan fingerprint density at radius 2 is 2.07 bits per heavy atom. The summed E-state index contributed by atoms with van der Waals surface area (Å²) in [6.45, 7) is 10.2. The molecular formula is C19H31IN8S. The maximum atomic E-state index is 4.78. The summed E-state index contributed by atoms with van der Waals surface area (Å²) in [6.07, 6.45) is 1.00. The molecule has 3 aliphatic heterocycles. The Bertz CT molecular complexity index is 782. The first kappa shape index (κ1) is 22.4. The molecule has 2 aromatic heterocycles. The Morgan fingerprint density at radius 3 is 2.69 bits per heavy atom. The quantitative estimate of drug-likeness (QED) is 0.317. The molecule has 0 aromatic carbocycles. The summed E-state index contributed by atoms with van der Waals surface area (Å²) in [4.78, 5) is 11.3. The van der Waals surface area contributed by atoms with E-state index in [2.05, 4.69) is 48.1 Å². The molecular weight excluding hydrogens is 499 g/mol. The first-order valence-electron chi connectivity index (χ1n) is 10.0. The lowest BCUT2D eigenvalue weighted by Gasteiger charge is -2.47. The summed E-state index contributed by atoms with van der Waals surface area (Å²) in [5.41, 5.74) is 0. The lowest BCUT2D eigenvalue weighted by molar-refractivity contribution is 0.0154. The molecule has 10 heteroatoms. The number of hydrogen-bond donors (Lipinski definition) is 2. The van der Waals surface area contributed by atoms with E-state index in [1.807, 2.05) is 18.5 Å². The number of fused-ring (bicyclic) bond motifs is 3. The number of aryl methyl sites for hydroxylation is 1. The van der Waals surface area contributed by atoms with Gasteiger partial charge in [0.1, 0.15) is 12.4 Å². The second-order valence-corrected chi connectivity index (χ2v) is 8.55. The van der Waals surface area contributed by atoms with Crippen LogP contribution in [0.4, 0.5) is 0 Å². The third-order valence-corrected chi connectivity index (χ3v) is 6.64. The van der Waals surface area contributed by atoms with Crippen molar-refractivity contribution in [1.82, 2.24) is 35.2 Å². The maximum absolute atomic E-state index is 4.78. The number of thiophene rings is 1. The maximum Gasteiger partial charge on any atom is 0.191 e. The normalized spacial score (nSPS) is 23.7. The minimum Gasteiger partial charge on any atom is -0.356 e. The molecule has 5 heterocycles. The predicted molar refractivity (Wildman–Crippen MR) is 128 cm³/mol. The zero-order valence-electron chi connectivity index (χ0n) is 17.2. The van der Waals surface area contributed by atoms with Crippen LogP contribution in [-0.2, 0) is 20.0 Å². The summed E-state index contributed by atoms with van der Waals surface area (Å²) in [5, 5.41) is 17.5. The Balaban J connectivity index is 0.00000240. The first-order valence-corrected chi connectivity index (χ1v) is 10.9. The van der Waals surface area contributed by atoms with Gasteiger partial charge in [0, 0.05) is 63.8 Å². The molecule has 5 rings (SSSR count). The van der Waals surface area contributed by atoms with Crippen LogP contribution in [0.3, 0.4) is 0 Å². The van der Waals surface area contributed by atoms with Crippen LogP contribution in [-0.4, -0.2) is 82.4 Å². The average molecular weight is 530 g/mol. The van der Waals surface area contributed by atoms with E-state index in [9.17, 15) is 0 Å². The molecule has 0 aliphatic carbocycles.